The SMILES string of the molecule is COc1cccc(C2NC(=S)N(CCCc3ccccc3)C(C)=C2c2nc(-c3ccccc3)no2)c1. The molecule has 2 heterocycles. The van der Waals surface area contributed by atoms with Crippen molar-refractivity contribution in [2.45, 2.75) is 25.8 Å². The number of hydrogen-bond acceptors (Lipinski definition) is 5. The zero-order valence-corrected chi connectivity index (χ0v) is 21.2. The zero-order chi connectivity index (χ0) is 24.9. The highest BCUT2D eigenvalue weighted by atomic mass is 32.1. The van der Waals surface area contributed by atoms with E-state index in [1.54, 1.807) is 7.11 Å². The fraction of sp³-hybridized carbons (Fsp3) is 0.207. The third-order valence-corrected chi connectivity index (χ3v) is 6.74. The van der Waals surface area contributed by atoms with Crippen LogP contribution in [-0.2, 0) is 6.42 Å². The van der Waals surface area contributed by atoms with Gasteiger partial charge in [-0.25, -0.2) is 0 Å². The van der Waals surface area contributed by atoms with E-state index in [1.165, 1.54) is 5.56 Å². The number of aromatic nitrogens is 2. The van der Waals surface area contributed by atoms with Crippen LogP contribution in [0.15, 0.2) is 95.1 Å². The number of benzene rings is 3. The van der Waals surface area contributed by atoms with Crippen LogP contribution in [0, 0.1) is 0 Å². The summed E-state index contributed by atoms with van der Waals surface area (Å²) in [7, 11) is 1.67. The van der Waals surface area contributed by atoms with Crippen molar-refractivity contribution in [3.05, 3.63) is 108 Å². The molecule has 5 rings (SSSR count). The summed E-state index contributed by atoms with van der Waals surface area (Å²) in [5.74, 6) is 1.80. The van der Waals surface area contributed by atoms with E-state index in [2.05, 4.69) is 52.6 Å². The number of rotatable bonds is 8. The molecule has 0 amide bonds. The second-order valence-electron chi connectivity index (χ2n) is 8.69. The van der Waals surface area contributed by atoms with E-state index in [9.17, 15) is 0 Å². The molecule has 3 aromatic carbocycles. The van der Waals surface area contributed by atoms with Crippen molar-refractivity contribution >= 4 is 22.9 Å². The van der Waals surface area contributed by atoms with Crippen LogP contribution in [0.5, 0.6) is 5.75 Å². The molecule has 0 fully saturated rings. The molecular formula is C29H28N4O2S. The zero-order valence-electron chi connectivity index (χ0n) is 20.3. The van der Waals surface area contributed by atoms with E-state index >= 15 is 0 Å². The Kier molecular flexibility index (Phi) is 7.09. The van der Waals surface area contributed by atoms with Gasteiger partial charge in [0.1, 0.15) is 5.75 Å². The van der Waals surface area contributed by atoms with Crippen molar-refractivity contribution < 1.29 is 9.26 Å². The van der Waals surface area contributed by atoms with Crippen LogP contribution in [-0.4, -0.2) is 33.8 Å². The summed E-state index contributed by atoms with van der Waals surface area (Å²) < 4.78 is 11.3. The molecule has 0 aliphatic carbocycles. The molecule has 0 spiro atoms. The molecule has 1 aliphatic rings. The molecule has 182 valence electrons. The van der Waals surface area contributed by atoms with Gasteiger partial charge in [0.05, 0.1) is 18.7 Å². The summed E-state index contributed by atoms with van der Waals surface area (Å²) in [5, 5.41) is 8.49. The van der Waals surface area contributed by atoms with Gasteiger partial charge in [-0.1, -0.05) is 78.0 Å². The van der Waals surface area contributed by atoms with Gasteiger partial charge in [0.25, 0.3) is 5.89 Å². The third-order valence-electron chi connectivity index (χ3n) is 6.40. The lowest BCUT2D eigenvalue weighted by Gasteiger charge is -2.37. The first-order valence-electron chi connectivity index (χ1n) is 12.0. The highest BCUT2D eigenvalue weighted by molar-refractivity contribution is 7.80. The molecule has 6 nitrogen and oxygen atoms in total. The van der Waals surface area contributed by atoms with E-state index in [0.717, 1.165) is 47.5 Å². The first kappa shape index (κ1) is 23.8. The van der Waals surface area contributed by atoms with Gasteiger partial charge in [-0.3, -0.25) is 0 Å². The highest BCUT2D eigenvalue weighted by Crippen LogP contribution is 2.38. The Morgan fingerprint density at radius 1 is 1.00 bits per heavy atom. The average molecular weight is 497 g/mol. The van der Waals surface area contributed by atoms with E-state index < -0.39 is 0 Å². The standard InChI is InChI=1S/C29H28N4O2S/c1-20-25(28-31-27(32-35-28)22-14-7-4-8-15-22)26(23-16-9-17-24(19-23)34-2)30-29(36)33(20)18-10-13-21-11-5-3-6-12-21/h3-9,11-12,14-17,19,26H,10,13,18H2,1-2H3,(H,30,36). The van der Waals surface area contributed by atoms with Crippen LogP contribution in [0.4, 0.5) is 0 Å². The number of aryl methyl sites for hydroxylation is 1. The lowest BCUT2D eigenvalue weighted by molar-refractivity contribution is 0.395. The fourth-order valence-electron chi connectivity index (χ4n) is 4.52. The molecule has 4 aromatic rings. The van der Waals surface area contributed by atoms with Gasteiger partial charge in [0, 0.05) is 17.8 Å². The van der Waals surface area contributed by atoms with Gasteiger partial charge in [-0.05, 0) is 55.2 Å². The van der Waals surface area contributed by atoms with E-state index in [4.69, 9.17) is 26.5 Å². The monoisotopic (exact) mass is 496 g/mol. The van der Waals surface area contributed by atoms with Crippen LogP contribution in [0.2, 0.25) is 0 Å². The maximum Gasteiger partial charge on any atom is 0.258 e. The van der Waals surface area contributed by atoms with E-state index in [0.29, 0.717) is 16.8 Å². The maximum absolute atomic E-state index is 5.84. The minimum atomic E-state index is -0.248. The Bertz CT molecular complexity index is 1370. The normalized spacial score (nSPS) is 15.7. The van der Waals surface area contributed by atoms with Gasteiger partial charge < -0.3 is 19.5 Å². The molecule has 1 aromatic heterocycles. The minimum absolute atomic E-state index is 0.248. The Balaban J connectivity index is 1.50. The molecule has 1 N–H and O–H groups in total. The summed E-state index contributed by atoms with van der Waals surface area (Å²) in [4.78, 5) is 6.92. The van der Waals surface area contributed by atoms with Gasteiger partial charge >= 0.3 is 0 Å². The second kappa shape index (κ2) is 10.7. The molecule has 0 saturated carbocycles. The number of nitrogens with one attached hydrogen (secondary N) is 1. The van der Waals surface area contributed by atoms with Crippen molar-refractivity contribution in [2.75, 3.05) is 13.7 Å². The Labute approximate surface area is 216 Å². The Hall–Kier alpha value is -3.97. The van der Waals surface area contributed by atoms with Gasteiger partial charge in [-0.2, -0.15) is 4.98 Å². The quantitative estimate of drug-likeness (QED) is 0.298. The van der Waals surface area contributed by atoms with Gasteiger partial charge in [-0.15, -0.1) is 0 Å². The maximum atomic E-state index is 5.84. The summed E-state index contributed by atoms with van der Waals surface area (Å²) >= 11 is 5.84. The van der Waals surface area contributed by atoms with Crippen molar-refractivity contribution in [1.29, 1.82) is 0 Å². The van der Waals surface area contributed by atoms with E-state index in [-0.39, 0.29) is 6.04 Å². The molecule has 1 atom stereocenters. The van der Waals surface area contributed by atoms with Crippen molar-refractivity contribution in [1.82, 2.24) is 20.4 Å². The largest absolute Gasteiger partial charge is 0.497 e. The number of ether oxygens (including phenoxy) is 1. The van der Waals surface area contributed by atoms with Crippen LogP contribution in [0.1, 0.15) is 36.4 Å². The van der Waals surface area contributed by atoms with Crippen LogP contribution < -0.4 is 10.1 Å². The molecule has 7 heteroatoms. The van der Waals surface area contributed by atoms with Crippen LogP contribution in [0.25, 0.3) is 17.0 Å². The molecule has 0 saturated heterocycles. The fourth-order valence-corrected chi connectivity index (χ4v) is 4.87. The van der Waals surface area contributed by atoms with Crippen LogP contribution in [0.3, 0.4) is 0 Å². The predicted molar refractivity (Wildman–Crippen MR) is 145 cm³/mol. The number of thiocarbonyl (C=S) groups is 1. The minimum Gasteiger partial charge on any atom is -0.497 e. The average Bonchev–Trinajstić information content (AvgIpc) is 3.41. The first-order chi connectivity index (χ1) is 17.6. The molecule has 1 unspecified atom stereocenters. The Morgan fingerprint density at radius 2 is 1.75 bits per heavy atom. The van der Waals surface area contributed by atoms with E-state index in [1.807, 2.05) is 54.6 Å². The molecule has 1 aliphatic heterocycles. The van der Waals surface area contributed by atoms with Crippen molar-refractivity contribution in [3.8, 4) is 17.1 Å². The predicted octanol–water partition coefficient (Wildman–Crippen LogP) is 6.04. The van der Waals surface area contributed by atoms with Crippen molar-refractivity contribution in [2.24, 2.45) is 0 Å². The molecule has 36 heavy (non-hydrogen) atoms. The Morgan fingerprint density at radius 3 is 2.50 bits per heavy atom. The summed E-state index contributed by atoms with van der Waals surface area (Å²) in [6.07, 6.45) is 1.93. The summed E-state index contributed by atoms with van der Waals surface area (Å²) in [5.41, 5.74) is 5.14. The highest BCUT2D eigenvalue weighted by Gasteiger charge is 2.34. The van der Waals surface area contributed by atoms with Gasteiger partial charge in [0.2, 0.25) is 5.82 Å². The van der Waals surface area contributed by atoms with Gasteiger partial charge in [0.15, 0.2) is 5.11 Å². The molecule has 0 bridgehead atoms. The second-order valence-corrected chi connectivity index (χ2v) is 9.07. The lowest BCUT2D eigenvalue weighted by Crippen LogP contribution is -2.46. The third kappa shape index (κ3) is 5.02. The number of allylic oxidation sites excluding steroid dienone is 1. The summed E-state index contributed by atoms with van der Waals surface area (Å²) in [6, 6.07) is 28.0. The molecule has 0 radical (unpaired) electrons. The number of methoxy groups -OCH3 is 1. The first-order valence-corrected chi connectivity index (χ1v) is 12.4. The topological polar surface area (TPSA) is 63.4 Å². The van der Waals surface area contributed by atoms with Crippen LogP contribution >= 0.6 is 12.2 Å². The summed E-state index contributed by atoms with van der Waals surface area (Å²) in [6.45, 7) is 2.85. The number of nitrogens with zero attached hydrogens (tertiary/aromatic N) is 3. The lowest BCUT2D eigenvalue weighted by atomic mass is 9.94. The van der Waals surface area contributed by atoms with Crippen molar-refractivity contribution in [3.63, 3.8) is 0 Å². The molecular weight excluding hydrogens is 468 g/mol. The smallest absolute Gasteiger partial charge is 0.258 e. The number of hydrogen-bond donors (Lipinski definition) is 1.